The molecule has 23 heavy (non-hydrogen) atoms. The highest BCUT2D eigenvalue weighted by Crippen LogP contribution is 2.22. The Morgan fingerprint density at radius 3 is 2.61 bits per heavy atom. The minimum atomic E-state index is -0.142. The zero-order valence-electron chi connectivity index (χ0n) is 13.9. The Morgan fingerprint density at radius 2 is 1.91 bits per heavy atom. The molecule has 0 atom stereocenters. The number of carbonyl (C=O) groups excluding carboxylic acids is 1. The third kappa shape index (κ3) is 4.83. The van der Waals surface area contributed by atoms with E-state index in [1.54, 1.807) is 6.07 Å². The molecule has 0 aromatic heterocycles. The van der Waals surface area contributed by atoms with Crippen molar-refractivity contribution < 1.29 is 14.3 Å². The topological polar surface area (TPSA) is 47.6 Å². The Hall–Kier alpha value is -2.33. The van der Waals surface area contributed by atoms with E-state index in [4.69, 9.17) is 9.47 Å². The van der Waals surface area contributed by atoms with Crippen LogP contribution in [-0.2, 0) is 11.3 Å². The van der Waals surface area contributed by atoms with E-state index in [9.17, 15) is 4.79 Å². The fraction of sp³-hybridized carbons (Fsp3) is 0.316. The second-order valence-electron chi connectivity index (χ2n) is 5.22. The standard InChI is InChI=1S/C19H23NO3/c1-4-22-13-16-12-15(9-10-18(16)23-5-2)19(21)20-17-8-6-7-14(3)11-17/h6-12H,4-5,13H2,1-3H3,(H,20,21). The fourth-order valence-electron chi connectivity index (χ4n) is 2.27. The summed E-state index contributed by atoms with van der Waals surface area (Å²) in [5, 5.41) is 2.91. The molecule has 0 spiro atoms. The van der Waals surface area contributed by atoms with E-state index in [1.165, 1.54) is 0 Å². The van der Waals surface area contributed by atoms with Gasteiger partial charge < -0.3 is 14.8 Å². The minimum absolute atomic E-state index is 0.142. The van der Waals surface area contributed by atoms with Crippen LogP contribution in [0.1, 0.15) is 35.3 Å². The Bertz CT molecular complexity index is 667. The van der Waals surface area contributed by atoms with Crippen LogP contribution in [0.15, 0.2) is 42.5 Å². The molecule has 2 aromatic carbocycles. The second kappa shape index (κ2) is 8.34. The molecule has 0 heterocycles. The van der Waals surface area contributed by atoms with Crippen molar-refractivity contribution in [2.45, 2.75) is 27.4 Å². The number of anilines is 1. The third-order valence-electron chi connectivity index (χ3n) is 3.36. The summed E-state index contributed by atoms with van der Waals surface area (Å²) in [5.41, 5.74) is 3.36. The summed E-state index contributed by atoms with van der Waals surface area (Å²) in [6.45, 7) is 7.49. The van der Waals surface area contributed by atoms with Gasteiger partial charge in [0, 0.05) is 23.4 Å². The van der Waals surface area contributed by atoms with Gasteiger partial charge in [0.05, 0.1) is 13.2 Å². The molecule has 0 aliphatic heterocycles. The summed E-state index contributed by atoms with van der Waals surface area (Å²) in [5.74, 6) is 0.615. The number of nitrogens with one attached hydrogen (secondary N) is 1. The number of hydrogen-bond donors (Lipinski definition) is 1. The zero-order chi connectivity index (χ0) is 16.7. The van der Waals surface area contributed by atoms with E-state index in [0.29, 0.717) is 25.4 Å². The Balaban J connectivity index is 2.19. The van der Waals surface area contributed by atoms with Crippen LogP contribution in [0.2, 0.25) is 0 Å². The number of ether oxygens (including phenoxy) is 2. The molecule has 0 unspecified atom stereocenters. The quantitative estimate of drug-likeness (QED) is 0.834. The van der Waals surface area contributed by atoms with Gasteiger partial charge in [-0.25, -0.2) is 0 Å². The van der Waals surface area contributed by atoms with Crippen LogP contribution in [0.25, 0.3) is 0 Å². The largest absolute Gasteiger partial charge is 0.494 e. The number of rotatable bonds is 7. The lowest BCUT2D eigenvalue weighted by molar-refractivity contribution is 0.102. The third-order valence-corrected chi connectivity index (χ3v) is 3.36. The van der Waals surface area contributed by atoms with Crippen molar-refractivity contribution >= 4 is 11.6 Å². The zero-order valence-corrected chi connectivity index (χ0v) is 13.9. The summed E-state index contributed by atoms with van der Waals surface area (Å²) >= 11 is 0. The maximum Gasteiger partial charge on any atom is 0.255 e. The van der Waals surface area contributed by atoms with Crippen LogP contribution in [-0.4, -0.2) is 19.1 Å². The van der Waals surface area contributed by atoms with Gasteiger partial charge in [-0.2, -0.15) is 0 Å². The number of hydrogen-bond acceptors (Lipinski definition) is 3. The van der Waals surface area contributed by atoms with E-state index in [0.717, 1.165) is 22.6 Å². The van der Waals surface area contributed by atoms with Crippen molar-refractivity contribution in [3.05, 3.63) is 59.2 Å². The molecule has 1 N–H and O–H groups in total. The van der Waals surface area contributed by atoms with Crippen LogP contribution in [0.4, 0.5) is 5.69 Å². The first kappa shape index (κ1) is 17.0. The highest BCUT2D eigenvalue weighted by atomic mass is 16.5. The van der Waals surface area contributed by atoms with Gasteiger partial charge >= 0.3 is 0 Å². The first-order chi connectivity index (χ1) is 11.1. The van der Waals surface area contributed by atoms with Crippen molar-refractivity contribution in [3.63, 3.8) is 0 Å². The van der Waals surface area contributed by atoms with Gasteiger partial charge in [-0.1, -0.05) is 12.1 Å². The molecule has 122 valence electrons. The summed E-state index contributed by atoms with van der Waals surface area (Å²) in [6.07, 6.45) is 0. The molecule has 0 aliphatic rings. The molecule has 2 rings (SSSR count). The van der Waals surface area contributed by atoms with Crippen LogP contribution in [0, 0.1) is 6.92 Å². The number of amides is 1. The average molecular weight is 313 g/mol. The molecule has 0 aliphatic carbocycles. The maximum atomic E-state index is 12.4. The van der Waals surface area contributed by atoms with E-state index < -0.39 is 0 Å². The Kier molecular flexibility index (Phi) is 6.18. The molecule has 4 nitrogen and oxygen atoms in total. The van der Waals surface area contributed by atoms with Crippen molar-refractivity contribution in [2.75, 3.05) is 18.5 Å². The highest BCUT2D eigenvalue weighted by Gasteiger charge is 2.11. The molecular weight excluding hydrogens is 290 g/mol. The fourth-order valence-corrected chi connectivity index (χ4v) is 2.27. The van der Waals surface area contributed by atoms with Gasteiger partial charge in [0.15, 0.2) is 0 Å². The minimum Gasteiger partial charge on any atom is -0.494 e. The van der Waals surface area contributed by atoms with Gasteiger partial charge in [-0.15, -0.1) is 0 Å². The van der Waals surface area contributed by atoms with E-state index in [2.05, 4.69) is 5.32 Å². The van der Waals surface area contributed by atoms with Crippen molar-refractivity contribution in [1.29, 1.82) is 0 Å². The SMILES string of the molecule is CCOCc1cc(C(=O)Nc2cccc(C)c2)ccc1OCC. The molecule has 0 saturated heterocycles. The van der Waals surface area contributed by atoms with E-state index >= 15 is 0 Å². The number of aryl methyl sites for hydroxylation is 1. The average Bonchev–Trinajstić information content (AvgIpc) is 2.54. The molecule has 1 amide bonds. The summed E-state index contributed by atoms with van der Waals surface area (Å²) in [6, 6.07) is 13.1. The lowest BCUT2D eigenvalue weighted by atomic mass is 10.1. The Labute approximate surface area is 137 Å². The molecule has 0 bridgehead atoms. The van der Waals surface area contributed by atoms with E-state index in [-0.39, 0.29) is 5.91 Å². The van der Waals surface area contributed by atoms with Gasteiger partial charge in [0.1, 0.15) is 5.75 Å². The predicted octanol–water partition coefficient (Wildman–Crippen LogP) is 4.18. The van der Waals surface area contributed by atoms with Crippen molar-refractivity contribution in [2.24, 2.45) is 0 Å². The first-order valence-electron chi connectivity index (χ1n) is 7.85. The van der Waals surface area contributed by atoms with Crippen LogP contribution in [0.5, 0.6) is 5.75 Å². The van der Waals surface area contributed by atoms with Crippen molar-refractivity contribution in [3.8, 4) is 5.75 Å². The van der Waals surface area contributed by atoms with Gasteiger partial charge in [-0.05, 0) is 56.7 Å². The molecule has 2 aromatic rings. The number of carbonyl (C=O) groups is 1. The lowest BCUT2D eigenvalue weighted by Gasteiger charge is -2.12. The molecule has 4 heteroatoms. The van der Waals surface area contributed by atoms with Crippen LogP contribution >= 0.6 is 0 Å². The first-order valence-corrected chi connectivity index (χ1v) is 7.85. The highest BCUT2D eigenvalue weighted by molar-refractivity contribution is 6.04. The molecule has 0 saturated carbocycles. The predicted molar refractivity (Wildman–Crippen MR) is 92.1 cm³/mol. The summed E-state index contributed by atoms with van der Waals surface area (Å²) in [4.78, 5) is 12.4. The molecular formula is C19H23NO3. The maximum absolute atomic E-state index is 12.4. The van der Waals surface area contributed by atoms with Crippen LogP contribution in [0.3, 0.4) is 0 Å². The van der Waals surface area contributed by atoms with Gasteiger partial charge in [-0.3, -0.25) is 4.79 Å². The van der Waals surface area contributed by atoms with E-state index in [1.807, 2.05) is 57.2 Å². The number of benzene rings is 2. The van der Waals surface area contributed by atoms with Gasteiger partial charge in [0.2, 0.25) is 0 Å². The monoisotopic (exact) mass is 313 g/mol. The smallest absolute Gasteiger partial charge is 0.255 e. The lowest BCUT2D eigenvalue weighted by Crippen LogP contribution is -2.13. The summed E-state index contributed by atoms with van der Waals surface area (Å²) in [7, 11) is 0. The summed E-state index contributed by atoms with van der Waals surface area (Å²) < 4.78 is 11.1. The second-order valence-corrected chi connectivity index (χ2v) is 5.22. The molecule has 0 radical (unpaired) electrons. The molecule has 0 fully saturated rings. The Morgan fingerprint density at radius 1 is 1.09 bits per heavy atom. The van der Waals surface area contributed by atoms with Crippen LogP contribution < -0.4 is 10.1 Å². The normalized spacial score (nSPS) is 10.4. The van der Waals surface area contributed by atoms with Crippen molar-refractivity contribution in [1.82, 2.24) is 0 Å². The van der Waals surface area contributed by atoms with Gasteiger partial charge in [0.25, 0.3) is 5.91 Å².